The average Bonchev–Trinajstić information content (AvgIpc) is 2.83. The Morgan fingerprint density at radius 1 is 1.06 bits per heavy atom. The summed E-state index contributed by atoms with van der Waals surface area (Å²) in [6.45, 7) is 10.6. The second kappa shape index (κ2) is 10.9. The number of aromatic nitrogens is 2. The van der Waals surface area contributed by atoms with Crippen LogP contribution >= 0.6 is 0 Å². The van der Waals surface area contributed by atoms with E-state index in [-0.39, 0.29) is 17.5 Å². The summed E-state index contributed by atoms with van der Waals surface area (Å²) in [6.07, 6.45) is 4.25. The molecular formula is C28H37N3O3. The summed E-state index contributed by atoms with van der Waals surface area (Å²) in [4.78, 5) is 34.0. The van der Waals surface area contributed by atoms with E-state index in [1.165, 1.54) is 0 Å². The van der Waals surface area contributed by atoms with Crippen molar-refractivity contribution in [2.75, 3.05) is 13.7 Å². The Hall–Kier alpha value is -3.15. The fourth-order valence-electron chi connectivity index (χ4n) is 4.16. The van der Waals surface area contributed by atoms with Crippen molar-refractivity contribution in [2.24, 2.45) is 5.41 Å². The van der Waals surface area contributed by atoms with E-state index in [1.54, 1.807) is 17.7 Å². The highest BCUT2D eigenvalue weighted by atomic mass is 16.5. The van der Waals surface area contributed by atoms with E-state index in [0.717, 1.165) is 25.7 Å². The number of rotatable bonds is 9. The molecule has 3 aromatic rings. The number of methoxy groups -OCH3 is 1. The molecule has 182 valence electrons. The van der Waals surface area contributed by atoms with Gasteiger partial charge in [0.2, 0.25) is 5.91 Å². The van der Waals surface area contributed by atoms with Gasteiger partial charge < -0.3 is 9.64 Å². The first-order chi connectivity index (χ1) is 16.2. The van der Waals surface area contributed by atoms with Crippen LogP contribution in [0.2, 0.25) is 0 Å². The molecule has 1 unspecified atom stereocenters. The van der Waals surface area contributed by atoms with Crippen LogP contribution in [0, 0.1) is 5.41 Å². The Morgan fingerprint density at radius 2 is 1.74 bits per heavy atom. The second-order valence-corrected chi connectivity index (χ2v) is 9.81. The van der Waals surface area contributed by atoms with Gasteiger partial charge >= 0.3 is 0 Å². The van der Waals surface area contributed by atoms with Gasteiger partial charge in [0.05, 0.1) is 29.7 Å². The summed E-state index contributed by atoms with van der Waals surface area (Å²) in [7, 11) is 1.61. The van der Waals surface area contributed by atoms with Crippen molar-refractivity contribution in [1.82, 2.24) is 14.5 Å². The topological polar surface area (TPSA) is 64.4 Å². The molecule has 2 aromatic carbocycles. The van der Waals surface area contributed by atoms with Crippen LogP contribution < -0.4 is 10.3 Å². The molecule has 1 heterocycles. The number of amides is 1. The van der Waals surface area contributed by atoms with Crippen molar-refractivity contribution in [3.05, 3.63) is 64.7 Å². The molecule has 3 rings (SSSR count). The summed E-state index contributed by atoms with van der Waals surface area (Å²) >= 11 is 0. The van der Waals surface area contributed by atoms with Crippen LogP contribution in [0.1, 0.15) is 72.2 Å². The van der Waals surface area contributed by atoms with Gasteiger partial charge in [-0.1, -0.05) is 59.1 Å². The molecule has 0 aliphatic carbocycles. The third-order valence-corrected chi connectivity index (χ3v) is 6.13. The van der Waals surface area contributed by atoms with Crippen LogP contribution in [-0.4, -0.2) is 34.0 Å². The molecule has 0 radical (unpaired) electrons. The lowest BCUT2D eigenvalue weighted by molar-refractivity contribution is -0.142. The monoisotopic (exact) mass is 463 g/mol. The molecule has 1 amide bonds. The largest absolute Gasteiger partial charge is 0.497 e. The molecule has 0 aliphatic rings. The van der Waals surface area contributed by atoms with Gasteiger partial charge in [-0.05, 0) is 49.7 Å². The number of benzene rings is 2. The molecule has 34 heavy (non-hydrogen) atoms. The maximum atomic E-state index is 13.7. The van der Waals surface area contributed by atoms with Gasteiger partial charge in [0, 0.05) is 12.0 Å². The van der Waals surface area contributed by atoms with Gasteiger partial charge in [0.1, 0.15) is 11.6 Å². The Kier molecular flexibility index (Phi) is 8.13. The van der Waals surface area contributed by atoms with Crippen molar-refractivity contribution in [3.63, 3.8) is 0 Å². The number of hydrogen-bond acceptors (Lipinski definition) is 4. The summed E-state index contributed by atoms with van der Waals surface area (Å²) < 4.78 is 6.94. The average molecular weight is 464 g/mol. The molecule has 0 saturated carbocycles. The smallest absolute Gasteiger partial charge is 0.266 e. The van der Waals surface area contributed by atoms with Crippen LogP contribution in [-0.2, 0) is 4.79 Å². The Bertz CT molecular complexity index is 1180. The number of nitrogens with zero attached hydrogens (tertiary/aromatic N) is 3. The number of fused-ring (bicyclic) bond motifs is 1. The van der Waals surface area contributed by atoms with E-state index in [1.807, 2.05) is 75.1 Å². The fourth-order valence-corrected chi connectivity index (χ4v) is 4.16. The van der Waals surface area contributed by atoms with E-state index >= 15 is 0 Å². The first-order valence-corrected chi connectivity index (χ1v) is 12.2. The second-order valence-electron chi connectivity index (χ2n) is 9.81. The van der Waals surface area contributed by atoms with E-state index in [0.29, 0.717) is 34.7 Å². The number of carbonyl (C=O) groups excluding carboxylic acids is 1. The maximum absolute atomic E-state index is 13.7. The number of carbonyl (C=O) groups is 1. The Labute approximate surface area is 202 Å². The minimum Gasteiger partial charge on any atom is -0.497 e. The highest BCUT2D eigenvalue weighted by molar-refractivity contribution is 5.82. The third kappa shape index (κ3) is 5.49. The zero-order valence-corrected chi connectivity index (χ0v) is 21.3. The van der Waals surface area contributed by atoms with E-state index in [2.05, 4.69) is 6.92 Å². The number of para-hydroxylation sites is 1. The lowest BCUT2D eigenvalue weighted by Gasteiger charge is -2.35. The van der Waals surface area contributed by atoms with Crippen molar-refractivity contribution in [3.8, 4) is 11.4 Å². The van der Waals surface area contributed by atoms with E-state index in [9.17, 15) is 9.59 Å². The zero-order chi connectivity index (χ0) is 24.9. The maximum Gasteiger partial charge on any atom is 0.266 e. The van der Waals surface area contributed by atoms with E-state index in [4.69, 9.17) is 9.72 Å². The predicted octanol–water partition coefficient (Wildman–Crippen LogP) is 5.91. The van der Waals surface area contributed by atoms with Gasteiger partial charge in [-0.2, -0.15) is 0 Å². The molecule has 0 spiro atoms. The minimum absolute atomic E-state index is 0.0557. The first-order valence-electron chi connectivity index (χ1n) is 12.2. The van der Waals surface area contributed by atoms with Crippen molar-refractivity contribution < 1.29 is 9.53 Å². The molecule has 0 saturated heterocycles. The lowest BCUT2D eigenvalue weighted by atomic mass is 9.93. The zero-order valence-electron chi connectivity index (χ0n) is 21.3. The van der Waals surface area contributed by atoms with Gasteiger partial charge in [-0.15, -0.1) is 0 Å². The molecule has 1 aromatic heterocycles. The number of unbranched alkanes of at least 4 members (excludes halogenated alkanes) is 3. The third-order valence-electron chi connectivity index (χ3n) is 6.13. The van der Waals surface area contributed by atoms with Crippen LogP contribution in [0.15, 0.2) is 53.3 Å². The first kappa shape index (κ1) is 25.5. The molecular weight excluding hydrogens is 426 g/mol. The van der Waals surface area contributed by atoms with Crippen LogP contribution in [0.25, 0.3) is 16.6 Å². The van der Waals surface area contributed by atoms with Gasteiger partial charge in [-0.3, -0.25) is 14.2 Å². The molecule has 0 bridgehead atoms. The van der Waals surface area contributed by atoms with E-state index < -0.39 is 5.41 Å². The SMILES string of the molecule is CCCCCCN(C(=O)C(C)(C)C)C(C)c1nc2ccccc2c(=O)n1-c1ccc(OC)cc1. The number of hydrogen-bond donors (Lipinski definition) is 0. The molecule has 0 N–H and O–H groups in total. The number of ether oxygens (including phenoxy) is 1. The van der Waals surface area contributed by atoms with Crippen LogP contribution in [0.5, 0.6) is 5.75 Å². The predicted molar refractivity (Wildman–Crippen MR) is 138 cm³/mol. The van der Waals surface area contributed by atoms with Crippen molar-refractivity contribution in [2.45, 2.75) is 66.3 Å². The molecule has 0 aliphatic heterocycles. The molecule has 6 nitrogen and oxygen atoms in total. The van der Waals surface area contributed by atoms with Crippen LogP contribution in [0.3, 0.4) is 0 Å². The fraction of sp³-hybridized carbons (Fsp3) is 0.464. The van der Waals surface area contributed by atoms with Crippen molar-refractivity contribution in [1.29, 1.82) is 0 Å². The quantitative estimate of drug-likeness (QED) is 0.370. The highest BCUT2D eigenvalue weighted by Gasteiger charge is 2.33. The molecule has 6 heteroatoms. The van der Waals surface area contributed by atoms with Gasteiger partial charge in [0.15, 0.2) is 0 Å². The van der Waals surface area contributed by atoms with Gasteiger partial charge in [-0.25, -0.2) is 4.98 Å². The normalized spacial score (nSPS) is 12.5. The van der Waals surface area contributed by atoms with Gasteiger partial charge in [0.25, 0.3) is 5.56 Å². The summed E-state index contributed by atoms with van der Waals surface area (Å²) in [5.41, 5.74) is 0.640. The summed E-state index contributed by atoms with van der Waals surface area (Å²) in [6, 6.07) is 14.3. The standard InChI is InChI=1S/C28H37N3O3/c1-7-8-9-12-19-30(27(33)28(3,4)5)20(2)25-29-24-14-11-10-13-23(24)26(32)31(25)21-15-17-22(34-6)18-16-21/h10-11,13-18,20H,7-9,12,19H2,1-6H3. The summed E-state index contributed by atoms with van der Waals surface area (Å²) in [5.74, 6) is 1.32. The van der Waals surface area contributed by atoms with Crippen LogP contribution in [0.4, 0.5) is 0 Å². The molecule has 0 fully saturated rings. The molecule has 1 atom stereocenters. The van der Waals surface area contributed by atoms with Crippen molar-refractivity contribution >= 4 is 16.8 Å². The lowest BCUT2D eigenvalue weighted by Crippen LogP contribution is -2.43. The Balaban J connectivity index is 2.17. The summed E-state index contributed by atoms with van der Waals surface area (Å²) in [5, 5.41) is 0.547. The minimum atomic E-state index is -0.541. The highest BCUT2D eigenvalue weighted by Crippen LogP contribution is 2.28. The Morgan fingerprint density at radius 3 is 2.35 bits per heavy atom.